The molecule has 3 aromatic rings. The largest absolute Gasteiger partial charge is 0.343 e. The number of thiazole rings is 1. The summed E-state index contributed by atoms with van der Waals surface area (Å²) in [5.74, 6) is 3.06. The molecule has 0 radical (unpaired) electrons. The van der Waals surface area contributed by atoms with Gasteiger partial charge in [-0.1, -0.05) is 50.7 Å². The molecule has 0 saturated carbocycles. The maximum atomic E-state index is 9.08. The van der Waals surface area contributed by atoms with Gasteiger partial charge in [0.1, 0.15) is 4.83 Å². The molecule has 3 aromatic heterocycles. The third-order valence-corrected chi connectivity index (χ3v) is 8.04. The third kappa shape index (κ3) is 3.70. The maximum absolute atomic E-state index is 9.08. The molecule has 5 heterocycles. The van der Waals surface area contributed by atoms with Crippen LogP contribution in [0.3, 0.4) is 0 Å². The summed E-state index contributed by atoms with van der Waals surface area (Å²) in [6.07, 6.45) is 7.52. The van der Waals surface area contributed by atoms with Gasteiger partial charge in [0.05, 0.1) is 10.4 Å². The number of aromatic nitrogens is 3. The molecule has 0 aromatic carbocycles. The van der Waals surface area contributed by atoms with Crippen molar-refractivity contribution in [1.29, 1.82) is 5.26 Å². The molecule has 0 bridgehead atoms. The zero-order chi connectivity index (χ0) is 19.7. The number of hydrogen-bond acceptors (Lipinski definition) is 6. The van der Waals surface area contributed by atoms with Crippen LogP contribution in [0, 0.1) is 11.2 Å². The van der Waals surface area contributed by atoms with Gasteiger partial charge in [-0.2, -0.15) is 5.10 Å². The average molecular weight is 411 g/mol. The van der Waals surface area contributed by atoms with Gasteiger partial charge in [-0.25, -0.2) is 10.2 Å². The minimum atomic E-state index is 0.272. The molecule has 1 fully saturated rings. The summed E-state index contributed by atoms with van der Waals surface area (Å²) in [7, 11) is 1.99. The normalized spacial score (nSPS) is 17.2. The summed E-state index contributed by atoms with van der Waals surface area (Å²) in [5, 5.41) is 14.8. The van der Waals surface area contributed by atoms with Crippen LogP contribution in [-0.2, 0) is 20.0 Å². The lowest BCUT2D eigenvalue weighted by Crippen LogP contribution is -2.29. The predicted molar refractivity (Wildman–Crippen MR) is 120 cm³/mol. The zero-order valence-corrected chi connectivity index (χ0v) is 18.4. The molecule has 0 atom stereocenters. The molecule has 28 heavy (non-hydrogen) atoms. The number of fused-ring (bicyclic) bond motifs is 2. The van der Waals surface area contributed by atoms with Crippen molar-refractivity contribution in [3.63, 3.8) is 0 Å². The van der Waals surface area contributed by atoms with Crippen molar-refractivity contribution in [1.82, 2.24) is 14.8 Å². The first-order valence-electron chi connectivity index (χ1n) is 10.3. The lowest BCUT2D eigenvalue weighted by Gasteiger charge is -2.25. The molecule has 2 aliphatic heterocycles. The lowest BCUT2D eigenvalue weighted by molar-refractivity contribution is 0.621. The molecule has 0 amide bonds. The lowest BCUT2D eigenvalue weighted by atomic mass is 9.42. The Bertz CT molecular complexity index is 959. The molecule has 0 unspecified atom stereocenters. The van der Waals surface area contributed by atoms with Crippen LogP contribution >= 0.6 is 22.7 Å². The Morgan fingerprint density at radius 2 is 2.04 bits per heavy atom. The molecule has 2 aliphatic rings. The molecular formula is C20H26BN5S2. The zero-order valence-electron chi connectivity index (χ0n) is 16.8. The highest BCUT2D eigenvalue weighted by Crippen LogP contribution is 2.42. The first-order valence-corrected chi connectivity index (χ1v) is 11.9. The highest BCUT2D eigenvalue weighted by atomic mass is 32.1. The van der Waals surface area contributed by atoms with Gasteiger partial charge >= 0.3 is 0 Å². The first kappa shape index (κ1) is 19.5. The molecule has 5 nitrogen and oxygen atoms in total. The van der Waals surface area contributed by atoms with Crippen LogP contribution in [0.15, 0.2) is 12.3 Å². The van der Waals surface area contributed by atoms with Crippen molar-refractivity contribution < 1.29 is 0 Å². The number of rotatable bonds is 2. The molecule has 1 saturated heterocycles. The summed E-state index contributed by atoms with van der Waals surface area (Å²) in [6, 6.07) is 2.36. The molecule has 146 valence electrons. The molecule has 0 spiro atoms. The maximum Gasteiger partial charge on any atom is 0.267 e. The van der Waals surface area contributed by atoms with Crippen LogP contribution in [-0.4, -0.2) is 28.0 Å². The van der Waals surface area contributed by atoms with Gasteiger partial charge in [0.25, 0.3) is 6.71 Å². The summed E-state index contributed by atoms with van der Waals surface area (Å²) < 4.78 is 3.24. The molecule has 8 heteroatoms. The fourth-order valence-corrected chi connectivity index (χ4v) is 6.61. The standard InChI is InChI=1S/C18H20BN5S2.C2H6/c1-23-9-13-10-24(7-4-14(13)22-23)18-21-17-16(26-18)8-15(25-17)12-2-5-19(11-20)6-3-12;1-2/h8-9,12H,2-7,10H2,1H3;1-2H3. The Labute approximate surface area is 175 Å². The van der Waals surface area contributed by atoms with E-state index in [1.165, 1.54) is 25.7 Å². The minimum Gasteiger partial charge on any atom is -0.343 e. The van der Waals surface area contributed by atoms with Gasteiger partial charge in [-0.3, -0.25) is 4.68 Å². The number of nitrogens with zero attached hydrogens (tertiary/aromatic N) is 5. The van der Waals surface area contributed by atoms with Crippen LogP contribution < -0.4 is 4.90 Å². The number of aryl methyl sites for hydroxylation is 1. The molecular weight excluding hydrogens is 385 g/mol. The SMILES string of the molecule is CC.Cn1cc2c(n1)CCN(c1nc3sc(C4CCB(C#N)CC4)cc3s1)C2. The van der Waals surface area contributed by atoms with E-state index in [4.69, 9.17) is 10.2 Å². The van der Waals surface area contributed by atoms with E-state index in [0.717, 1.165) is 50.1 Å². The summed E-state index contributed by atoms with van der Waals surface area (Å²) >= 11 is 3.68. The molecule has 5 rings (SSSR count). The quantitative estimate of drug-likeness (QED) is 0.550. The van der Waals surface area contributed by atoms with Crippen LogP contribution in [0.4, 0.5) is 5.13 Å². The van der Waals surface area contributed by atoms with Crippen molar-refractivity contribution in [3.05, 3.63) is 28.4 Å². The summed E-state index contributed by atoms with van der Waals surface area (Å²) in [6.45, 7) is 6.18. The Balaban J connectivity index is 0.000000932. The number of nitriles is 1. The average Bonchev–Trinajstić information content (AvgIpc) is 3.40. The van der Waals surface area contributed by atoms with E-state index in [-0.39, 0.29) is 6.71 Å². The number of anilines is 1. The van der Waals surface area contributed by atoms with Crippen LogP contribution in [0.1, 0.15) is 48.7 Å². The van der Waals surface area contributed by atoms with Gasteiger partial charge in [-0.05, 0) is 12.0 Å². The van der Waals surface area contributed by atoms with E-state index in [0.29, 0.717) is 5.92 Å². The van der Waals surface area contributed by atoms with Crippen LogP contribution in [0.5, 0.6) is 0 Å². The first-order chi connectivity index (χ1) is 13.7. The van der Waals surface area contributed by atoms with E-state index < -0.39 is 0 Å². The van der Waals surface area contributed by atoms with E-state index in [1.807, 2.05) is 48.3 Å². The van der Waals surface area contributed by atoms with Gasteiger partial charge < -0.3 is 4.90 Å². The van der Waals surface area contributed by atoms with Gasteiger partial charge in [0.2, 0.25) is 0 Å². The predicted octanol–water partition coefficient (Wildman–Crippen LogP) is 5.12. The van der Waals surface area contributed by atoms with E-state index >= 15 is 0 Å². The van der Waals surface area contributed by atoms with Gasteiger partial charge in [0, 0.05) is 49.2 Å². The highest BCUT2D eigenvalue weighted by Gasteiger charge is 2.27. The second-order valence-electron chi connectivity index (χ2n) is 7.44. The summed E-state index contributed by atoms with van der Waals surface area (Å²) in [5.41, 5.74) is 2.56. The van der Waals surface area contributed by atoms with Crippen molar-refractivity contribution in [2.75, 3.05) is 11.4 Å². The van der Waals surface area contributed by atoms with E-state index in [1.54, 1.807) is 0 Å². The fourth-order valence-electron chi connectivity index (χ4n) is 4.20. The van der Waals surface area contributed by atoms with Crippen molar-refractivity contribution >= 4 is 44.0 Å². The fraction of sp³-hybridized carbons (Fsp3) is 0.550. The van der Waals surface area contributed by atoms with Crippen molar-refractivity contribution in [2.45, 2.75) is 58.2 Å². The van der Waals surface area contributed by atoms with Crippen molar-refractivity contribution in [2.24, 2.45) is 7.05 Å². The van der Waals surface area contributed by atoms with Gasteiger partial charge in [0.15, 0.2) is 5.13 Å². The van der Waals surface area contributed by atoms with E-state index in [2.05, 4.69) is 28.2 Å². The Morgan fingerprint density at radius 3 is 2.75 bits per heavy atom. The Morgan fingerprint density at radius 1 is 1.25 bits per heavy atom. The Kier molecular flexibility index (Phi) is 5.74. The van der Waals surface area contributed by atoms with Crippen LogP contribution in [0.2, 0.25) is 12.6 Å². The minimum absolute atomic E-state index is 0.272. The van der Waals surface area contributed by atoms with E-state index in [9.17, 15) is 0 Å². The topological polar surface area (TPSA) is 57.7 Å². The number of hydrogen-bond donors (Lipinski definition) is 0. The Hall–Kier alpha value is -1.85. The van der Waals surface area contributed by atoms with Gasteiger partial charge in [-0.15, -0.1) is 11.3 Å². The van der Waals surface area contributed by atoms with Crippen molar-refractivity contribution in [3.8, 4) is 5.97 Å². The van der Waals surface area contributed by atoms with Crippen LogP contribution in [0.25, 0.3) is 9.53 Å². The second kappa shape index (κ2) is 8.26. The smallest absolute Gasteiger partial charge is 0.267 e. The highest BCUT2D eigenvalue weighted by molar-refractivity contribution is 7.29. The monoisotopic (exact) mass is 411 g/mol. The summed E-state index contributed by atoms with van der Waals surface area (Å²) in [4.78, 5) is 9.98. The second-order valence-corrected chi connectivity index (χ2v) is 9.51. The molecule has 0 N–H and O–H groups in total. The number of thiophene rings is 1. The third-order valence-electron chi connectivity index (χ3n) is 5.65. The molecule has 0 aliphatic carbocycles.